The standard InChI is InChI=1S/C16H17N3O3S/c1-2-22-13-8-6-12(7-9-13)18-16(23)19-17-10-11-4-3-5-14(20)15(11)21/h3-10,20-21H,2H2,1H3,(H2,18,19,23)/b17-10+. The fraction of sp³-hybridized carbons (Fsp3) is 0.125. The summed E-state index contributed by atoms with van der Waals surface area (Å²) in [6.45, 7) is 2.54. The minimum atomic E-state index is -0.233. The Kier molecular flexibility index (Phi) is 5.76. The van der Waals surface area contributed by atoms with E-state index >= 15 is 0 Å². The SMILES string of the molecule is CCOc1ccc(NC(=S)N/N=C/c2cccc(O)c2O)cc1. The zero-order valence-corrected chi connectivity index (χ0v) is 13.3. The van der Waals surface area contributed by atoms with Gasteiger partial charge in [-0.2, -0.15) is 5.10 Å². The first-order valence-corrected chi connectivity index (χ1v) is 7.35. The van der Waals surface area contributed by atoms with Gasteiger partial charge in [0.25, 0.3) is 0 Å². The van der Waals surface area contributed by atoms with Gasteiger partial charge in [-0.25, -0.2) is 0 Å². The van der Waals surface area contributed by atoms with Gasteiger partial charge >= 0.3 is 0 Å². The van der Waals surface area contributed by atoms with Gasteiger partial charge in [0.2, 0.25) is 0 Å². The van der Waals surface area contributed by atoms with Gasteiger partial charge in [0.1, 0.15) is 5.75 Å². The van der Waals surface area contributed by atoms with Crippen LogP contribution in [0.15, 0.2) is 47.6 Å². The summed E-state index contributed by atoms with van der Waals surface area (Å²) in [4.78, 5) is 0. The number of aromatic hydroxyl groups is 2. The third-order valence-electron chi connectivity index (χ3n) is 2.84. The summed E-state index contributed by atoms with van der Waals surface area (Å²) < 4.78 is 5.36. The number of nitrogens with zero attached hydrogens (tertiary/aromatic N) is 1. The van der Waals surface area contributed by atoms with E-state index in [2.05, 4.69) is 15.8 Å². The Morgan fingerprint density at radius 1 is 1.22 bits per heavy atom. The molecular weight excluding hydrogens is 314 g/mol. The molecule has 7 heteroatoms. The van der Waals surface area contributed by atoms with Gasteiger partial charge < -0.3 is 20.3 Å². The summed E-state index contributed by atoms with van der Waals surface area (Å²) in [7, 11) is 0. The van der Waals surface area contributed by atoms with Gasteiger partial charge in [0.15, 0.2) is 16.6 Å². The summed E-state index contributed by atoms with van der Waals surface area (Å²) in [5, 5.41) is 26.2. The minimum Gasteiger partial charge on any atom is -0.504 e. The van der Waals surface area contributed by atoms with E-state index in [9.17, 15) is 10.2 Å². The van der Waals surface area contributed by atoms with Crippen molar-refractivity contribution in [2.45, 2.75) is 6.92 Å². The molecule has 0 aliphatic heterocycles. The molecule has 0 radical (unpaired) electrons. The number of rotatable bonds is 5. The van der Waals surface area contributed by atoms with Gasteiger partial charge in [0, 0.05) is 11.3 Å². The summed E-state index contributed by atoms with van der Waals surface area (Å²) in [6, 6.07) is 12.0. The number of para-hydroxylation sites is 1. The number of anilines is 1. The molecule has 0 aromatic heterocycles. The van der Waals surface area contributed by atoms with Crippen LogP contribution in [0.3, 0.4) is 0 Å². The number of nitrogens with one attached hydrogen (secondary N) is 2. The molecule has 0 bridgehead atoms. The summed E-state index contributed by atoms with van der Waals surface area (Å²) >= 11 is 5.12. The summed E-state index contributed by atoms with van der Waals surface area (Å²) in [5.41, 5.74) is 3.80. The fourth-order valence-electron chi connectivity index (χ4n) is 1.77. The van der Waals surface area contributed by atoms with Crippen molar-refractivity contribution in [3.05, 3.63) is 48.0 Å². The van der Waals surface area contributed by atoms with Crippen LogP contribution >= 0.6 is 12.2 Å². The summed E-state index contributed by atoms with van der Waals surface area (Å²) in [6.07, 6.45) is 1.36. The lowest BCUT2D eigenvalue weighted by molar-refractivity contribution is 0.340. The maximum atomic E-state index is 9.64. The molecule has 0 heterocycles. The highest BCUT2D eigenvalue weighted by molar-refractivity contribution is 7.80. The molecule has 0 aliphatic rings. The molecule has 0 saturated heterocycles. The van der Waals surface area contributed by atoms with Gasteiger partial charge in [-0.15, -0.1) is 0 Å². The van der Waals surface area contributed by atoms with Crippen LogP contribution in [-0.2, 0) is 0 Å². The normalized spacial score (nSPS) is 10.5. The lowest BCUT2D eigenvalue weighted by atomic mass is 10.2. The van der Waals surface area contributed by atoms with Gasteiger partial charge in [-0.05, 0) is 55.5 Å². The molecule has 0 spiro atoms. The molecule has 4 N–H and O–H groups in total. The Morgan fingerprint density at radius 3 is 2.65 bits per heavy atom. The Labute approximate surface area is 139 Å². The maximum absolute atomic E-state index is 9.64. The number of phenolic OH excluding ortho intramolecular Hbond substituents is 2. The lowest BCUT2D eigenvalue weighted by Gasteiger charge is -2.08. The Morgan fingerprint density at radius 2 is 1.96 bits per heavy atom. The zero-order valence-electron chi connectivity index (χ0n) is 12.5. The molecule has 6 nitrogen and oxygen atoms in total. The largest absolute Gasteiger partial charge is 0.504 e. The van der Waals surface area contributed by atoms with Crippen LogP contribution in [-0.4, -0.2) is 28.1 Å². The molecule has 0 amide bonds. The predicted molar refractivity (Wildman–Crippen MR) is 94.3 cm³/mol. The lowest BCUT2D eigenvalue weighted by Crippen LogP contribution is -2.23. The molecule has 0 aliphatic carbocycles. The van der Waals surface area contributed by atoms with Gasteiger partial charge in [-0.3, -0.25) is 5.43 Å². The van der Waals surface area contributed by atoms with Crippen molar-refractivity contribution in [3.63, 3.8) is 0 Å². The second kappa shape index (κ2) is 8.00. The van der Waals surface area contributed by atoms with Crippen molar-refractivity contribution in [1.82, 2.24) is 5.43 Å². The number of hydrogen-bond acceptors (Lipinski definition) is 5. The van der Waals surface area contributed by atoms with E-state index < -0.39 is 0 Å². The topological polar surface area (TPSA) is 86.1 Å². The number of thiocarbonyl (C=S) groups is 1. The third-order valence-corrected chi connectivity index (χ3v) is 3.03. The average Bonchev–Trinajstić information content (AvgIpc) is 2.54. The van der Waals surface area contributed by atoms with E-state index in [1.165, 1.54) is 12.3 Å². The van der Waals surface area contributed by atoms with Crippen molar-refractivity contribution in [3.8, 4) is 17.2 Å². The number of hydrogen-bond donors (Lipinski definition) is 4. The van der Waals surface area contributed by atoms with Crippen LogP contribution in [0.4, 0.5) is 5.69 Å². The van der Waals surface area contributed by atoms with Crippen LogP contribution < -0.4 is 15.5 Å². The molecule has 0 fully saturated rings. The number of hydrazone groups is 1. The quantitative estimate of drug-likeness (QED) is 0.292. The van der Waals surface area contributed by atoms with Crippen LogP contribution in [0.1, 0.15) is 12.5 Å². The third kappa shape index (κ3) is 4.86. The van der Waals surface area contributed by atoms with Crippen LogP contribution in [0.5, 0.6) is 17.2 Å². The number of benzene rings is 2. The number of phenols is 2. The predicted octanol–water partition coefficient (Wildman–Crippen LogP) is 2.82. The second-order valence-electron chi connectivity index (χ2n) is 4.50. The molecule has 0 saturated carbocycles. The first-order valence-electron chi connectivity index (χ1n) is 6.94. The molecule has 23 heavy (non-hydrogen) atoms. The molecule has 120 valence electrons. The molecular formula is C16H17N3O3S. The Balaban J connectivity index is 1.89. The second-order valence-corrected chi connectivity index (χ2v) is 4.90. The van der Waals surface area contributed by atoms with Crippen molar-refractivity contribution in [2.75, 3.05) is 11.9 Å². The van der Waals surface area contributed by atoms with E-state index in [-0.39, 0.29) is 11.5 Å². The first-order chi connectivity index (χ1) is 11.1. The van der Waals surface area contributed by atoms with Crippen molar-refractivity contribution in [1.29, 1.82) is 0 Å². The molecule has 0 unspecified atom stereocenters. The van der Waals surface area contributed by atoms with E-state index in [1.807, 2.05) is 31.2 Å². The first kappa shape index (κ1) is 16.6. The Bertz CT molecular complexity index is 702. The zero-order chi connectivity index (χ0) is 16.7. The van der Waals surface area contributed by atoms with E-state index in [0.717, 1.165) is 11.4 Å². The molecule has 0 atom stereocenters. The minimum absolute atomic E-state index is 0.205. The Hall–Kier alpha value is -2.80. The molecule has 2 aromatic rings. The summed E-state index contributed by atoms with van der Waals surface area (Å²) in [5.74, 6) is 0.349. The highest BCUT2D eigenvalue weighted by atomic mass is 32.1. The van der Waals surface area contributed by atoms with Crippen molar-refractivity contribution in [2.24, 2.45) is 5.10 Å². The van der Waals surface area contributed by atoms with Crippen LogP contribution in [0.25, 0.3) is 0 Å². The smallest absolute Gasteiger partial charge is 0.191 e. The number of ether oxygens (including phenoxy) is 1. The molecule has 2 aromatic carbocycles. The van der Waals surface area contributed by atoms with E-state index in [4.69, 9.17) is 17.0 Å². The van der Waals surface area contributed by atoms with Crippen LogP contribution in [0.2, 0.25) is 0 Å². The van der Waals surface area contributed by atoms with Gasteiger partial charge in [-0.1, -0.05) is 6.07 Å². The van der Waals surface area contributed by atoms with E-state index in [0.29, 0.717) is 17.3 Å². The average molecular weight is 331 g/mol. The van der Waals surface area contributed by atoms with Crippen LogP contribution in [0, 0.1) is 0 Å². The van der Waals surface area contributed by atoms with Gasteiger partial charge in [0.05, 0.1) is 12.8 Å². The molecule has 2 rings (SSSR count). The maximum Gasteiger partial charge on any atom is 0.191 e. The highest BCUT2D eigenvalue weighted by Gasteiger charge is 2.03. The van der Waals surface area contributed by atoms with Crippen molar-refractivity contribution < 1.29 is 14.9 Å². The monoisotopic (exact) mass is 331 g/mol. The van der Waals surface area contributed by atoms with E-state index in [1.54, 1.807) is 12.1 Å². The highest BCUT2D eigenvalue weighted by Crippen LogP contribution is 2.26. The fourth-order valence-corrected chi connectivity index (χ4v) is 1.94. The van der Waals surface area contributed by atoms with Crippen molar-refractivity contribution >= 4 is 29.2 Å².